The number of aliphatic carboxylic acids is 1. The number of carbonyl (C=O) groups is 1. The van der Waals surface area contributed by atoms with Crippen LogP contribution >= 0.6 is 0 Å². The molecule has 0 atom stereocenters. The number of carboxylic acid groups (broad SMARTS) is 1. The average molecular weight is 326 g/mol. The lowest BCUT2D eigenvalue weighted by Gasteiger charge is -2.35. The lowest BCUT2D eigenvalue weighted by Crippen LogP contribution is -2.48. The predicted molar refractivity (Wildman–Crippen MR) is 93.2 cm³/mol. The van der Waals surface area contributed by atoms with Gasteiger partial charge in [-0.05, 0) is 13.8 Å². The Hall–Kier alpha value is -2.47. The molecule has 1 aromatic heterocycles. The summed E-state index contributed by atoms with van der Waals surface area (Å²) in [6.07, 6.45) is 0. The highest BCUT2D eigenvalue weighted by Crippen LogP contribution is 2.25. The van der Waals surface area contributed by atoms with Crippen LogP contribution in [0.15, 0.2) is 30.3 Å². The molecule has 0 amide bonds. The zero-order chi connectivity index (χ0) is 17.1. The van der Waals surface area contributed by atoms with Crippen LogP contribution in [0.1, 0.15) is 11.3 Å². The highest BCUT2D eigenvalue weighted by molar-refractivity contribution is 5.69. The van der Waals surface area contributed by atoms with Crippen LogP contribution in [0.2, 0.25) is 0 Å². The van der Waals surface area contributed by atoms with Gasteiger partial charge in [-0.1, -0.05) is 30.3 Å². The number of hydrogen-bond donors (Lipinski definition) is 1. The van der Waals surface area contributed by atoms with E-state index < -0.39 is 5.97 Å². The van der Waals surface area contributed by atoms with E-state index in [4.69, 9.17) is 10.1 Å². The van der Waals surface area contributed by atoms with Crippen molar-refractivity contribution in [3.8, 4) is 11.4 Å². The first-order valence-electron chi connectivity index (χ1n) is 8.14. The minimum atomic E-state index is -0.774. The molecule has 1 aliphatic heterocycles. The summed E-state index contributed by atoms with van der Waals surface area (Å²) in [7, 11) is 0. The molecule has 0 bridgehead atoms. The van der Waals surface area contributed by atoms with Gasteiger partial charge in [0.1, 0.15) is 5.82 Å². The Labute approximate surface area is 141 Å². The van der Waals surface area contributed by atoms with E-state index >= 15 is 0 Å². The standard InChI is InChI=1S/C18H22N4O2/c1-13-14(2)19-17(15-6-4-3-5-7-15)20-18(13)22-10-8-21(9-11-22)12-16(23)24/h3-7H,8-12H2,1-2H3,(H,23,24). The molecule has 24 heavy (non-hydrogen) atoms. The van der Waals surface area contributed by atoms with Crippen molar-refractivity contribution < 1.29 is 9.90 Å². The van der Waals surface area contributed by atoms with Crippen LogP contribution in [-0.2, 0) is 4.79 Å². The molecule has 1 aliphatic rings. The smallest absolute Gasteiger partial charge is 0.317 e. The summed E-state index contributed by atoms with van der Waals surface area (Å²) < 4.78 is 0. The maximum absolute atomic E-state index is 10.8. The first-order valence-corrected chi connectivity index (χ1v) is 8.14. The molecule has 0 radical (unpaired) electrons. The molecule has 0 spiro atoms. The van der Waals surface area contributed by atoms with E-state index in [0.717, 1.165) is 54.6 Å². The number of rotatable bonds is 4. The number of hydrogen-bond acceptors (Lipinski definition) is 5. The molecule has 1 fully saturated rings. The summed E-state index contributed by atoms with van der Waals surface area (Å²) >= 11 is 0. The Morgan fingerprint density at radius 2 is 1.75 bits per heavy atom. The summed E-state index contributed by atoms with van der Waals surface area (Å²) in [5.74, 6) is 0.918. The number of nitrogens with zero attached hydrogens (tertiary/aromatic N) is 4. The number of aryl methyl sites for hydroxylation is 1. The van der Waals surface area contributed by atoms with Crippen molar-refractivity contribution in [2.45, 2.75) is 13.8 Å². The summed E-state index contributed by atoms with van der Waals surface area (Å²) in [5.41, 5.74) is 3.07. The van der Waals surface area contributed by atoms with Crippen molar-refractivity contribution in [1.29, 1.82) is 0 Å². The predicted octanol–water partition coefficient (Wildman–Crippen LogP) is 1.97. The normalized spacial score (nSPS) is 15.5. The van der Waals surface area contributed by atoms with Crippen LogP contribution in [0, 0.1) is 13.8 Å². The Morgan fingerprint density at radius 1 is 1.08 bits per heavy atom. The van der Waals surface area contributed by atoms with Gasteiger partial charge in [-0.25, -0.2) is 9.97 Å². The minimum Gasteiger partial charge on any atom is -0.480 e. The Morgan fingerprint density at radius 3 is 2.38 bits per heavy atom. The van der Waals surface area contributed by atoms with E-state index in [1.54, 1.807) is 0 Å². The largest absolute Gasteiger partial charge is 0.480 e. The Balaban J connectivity index is 1.83. The van der Waals surface area contributed by atoms with Gasteiger partial charge in [0.15, 0.2) is 5.82 Å². The first-order chi connectivity index (χ1) is 11.5. The SMILES string of the molecule is Cc1nc(-c2ccccc2)nc(N2CCN(CC(=O)O)CC2)c1C. The van der Waals surface area contributed by atoms with Crippen LogP contribution < -0.4 is 4.90 Å². The molecule has 0 saturated carbocycles. The maximum atomic E-state index is 10.8. The summed E-state index contributed by atoms with van der Waals surface area (Å²) in [6, 6.07) is 9.97. The van der Waals surface area contributed by atoms with Crippen molar-refractivity contribution in [3.63, 3.8) is 0 Å². The third kappa shape index (κ3) is 3.54. The van der Waals surface area contributed by atoms with Gasteiger partial charge < -0.3 is 10.0 Å². The average Bonchev–Trinajstić information content (AvgIpc) is 2.58. The van der Waals surface area contributed by atoms with E-state index in [2.05, 4.69) is 9.88 Å². The van der Waals surface area contributed by atoms with Gasteiger partial charge in [-0.3, -0.25) is 9.69 Å². The van der Waals surface area contributed by atoms with E-state index in [-0.39, 0.29) is 6.54 Å². The molecule has 0 unspecified atom stereocenters. The highest BCUT2D eigenvalue weighted by Gasteiger charge is 2.22. The van der Waals surface area contributed by atoms with Crippen molar-refractivity contribution >= 4 is 11.8 Å². The summed E-state index contributed by atoms with van der Waals surface area (Å²) in [5, 5.41) is 8.92. The zero-order valence-electron chi connectivity index (χ0n) is 14.1. The van der Waals surface area contributed by atoms with Gasteiger partial charge in [-0.15, -0.1) is 0 Å². The second-order valence-electron chi connectivity index (χ2n) is 6.10. The third-order valence-corrected chi connectivity index (χ3v) is 4.43. The molecule has 2 aromatic rings. The molecule has 3 rings (SSSR count). The molecular formula is C18H22N4O2. The summed E-state index contributed by atoms with van der Waals surface area (Å²) in [6.45, 7) is 7.17. The van der Waals surface area contributed by atoms with Crippen molar-refractivity contribution in [2.75, 3.05) is 37.6 Å². The van der Waals surface area contributed by atoms with Gasteiger partial charge in [-0.2, -0.15) is 0 Å². The van der Waals surface area contributed by atoms with Gasteiger partial charge in [0.2, 0.25) is 0 Å². The monoisotopic (exact) mass is 326 g/mol. The lowest BCUT2D eigenvalue weighted by atomic mass is 10.1. The topological polar surface area (TPSA) is 69.6 Å². The van der Waals surface area contributed by atoms with Gasteiger partial charge >= 0.3 is 5.97 Å². The summed E-state index contributed by atoms with van der Waals surface area (Å²) in [4.78, 5) is 24.5. The van der Waals surface area contributed by atoms with Crippen LogP contribution in [0.4, 0.5) is 5.82 Å². The van der Waals surface area contributed by atoms with Crippen LogP contribution in [0.25, 0.3) is 11.4 Å². The van der Waals surface area contributed by atoms with Gasteiger partial charge in [0, 0.05) is 43.0 Å². The van der Waals surface area contributed by atoms with Crippen molar-refractivity contribution in [3.05, 3.63) is 41.6 Å². The minimum absolute atomic E-state index is 0.102. The fourth-order valence-electron chi connectivity index (χ4n) is 2.95. The molecule has 0 aliphatic carbocycles. The fraction of sp³-hybridized carbons (Fsp3) is 0.389. The molecule has 126 valence electrons. The lowest BCUT2D eigenvalue weighted by molar-refractivity contribution is -0.138. The second kappa shape index (κ2) is 6.97. The molecule has 1 N–H and O–H groups in total. The molecule has 1 aromatic carbocycles. The Kier molecular flexibility index (Phi) is 4.76. The molecular weight excluding hydrogens is 304 g/mol. The van der Waals surface area contributed by atoms with E-state index in [1.807, 2.05) is 49.1 Å². The zero-order valence-corrected chi connectivity index (χ0v) is 14.1. The second-order valence-corrected chi connectivity index (χ2v) is 6.10. The Bertz CT molecular complexity index is 725. The van der Waals surface area contributed by atoms with E-state index in [1.165, 1.54) is 0 Å². The van der Waals surface area contributed by atoms with Crippen molar-refractivity contribution in [2.24, 2.45) is 0 Å². The maximum Gasteiger partial charge on any atom is 0.317 e. The number of anilines is 1. The number of carboxylic acids is 1. The third-order valence-electron chi connectivity index (χ3n) is 4.43. The molecule has 2 heterocycles. The van der Waals surface area contributed by atoms with Crippen LogP contribution in [0.5, 0.6) is 0 Å². The van der Waals surface area contributed by atoms with Crippen LogP contribution in [-0.4, -0.2) is 58.7 Å². The van der Waals surface area contributed by atoms with Gasteiger partial charge in [0.25, 0.3) is 0 Å². The quantitative estimate of drug-likeness (QED) is 0.926. The number of aromatic nitrogens is 2. The molecule has 1 saturated heterocycles. The molecule has 6 nitrogen and oxygen atoms in total. The number of benzene rings is 1. The van der Waals surface area contributed by atoms with E-state index in [0.29, 0.717) is 0 Å². The van der Waals surface area contributed by atoms with Gasteiger partial charge in [0.05, 0.1) is 6.54 Å². The highest BCUT2D eigenvalue weighted by atomic mass is 16.4. The van der Waals surface area contributed by atoms with Crippen molar-refractivity contribution in [1.82, 2.24) is 14.9 Å². The van der Waals surface area contributed by atoms with Crippen LogP contribution in [0.3, 0.4) is 0 Å². The fourth-order valence-corrected chi connectivity index (χ4v) is 2.95. The van der Waals surface area contributed by atoms with E-state index in [9.17, 15) is 4.79 Å². The molecule has 6 heteroatoms. The number of piperazine rings is 1. The first kappa shape index (κ1) is 16.4.